The third kappa shape index (κ3) is 4.89. The van der Waals surface area contributed by atoms with E-state index in [1.807, 2.05) is 4.99 Å². The number of benzene rings is 1. The van der Waals surface area contributed by atoms with Crippen molar-refractivity contribution >= 4 is 33.8 Å². The minimum Gasteiger partial charge on any atom is -0.258 e. The maximum absolute atomic E-state index is 14.2. The van der Waals surface area contributed by atoms with E-state index < -0.39 is 85.8 Å². The minimum absolute atomic E-state index is 1.03. The van der Waals surface area contributed by atoms with Crippen molar-refractivity contribution in [2.45, 2.75) is 36.0 Å². The zero-order valence-electron chi connectivity index (χ0n) is 15.3. The largest absolute Gasteiger partial charge is 0.460 e. The number of nitro benzene ring substituents is 2. The molecule has 0 aromatic heterocycles. The van der Waals surface area contributed by atoms with Crippen LogP contribution in [0.5, 0.6) is 0 Å². The molecule has 35 heavy (non-hydrogen) atoms. The summed E-state index contributed by atoms with van der Waals surface area (Å²) >= 11 is 4.57. The fourth-order valence-corrected chi connectivity index (χ4v) is 2.36. The van der Waals surface area contributed by atoms with Crippen LogP contribution in [0.2, 0.25) is 0 Å². The van der Waals surface area contributed by atoms with E-state index >= 15 is 0 Å². The Morgan fingerprint density at radius 2 is 1.06 bits per heavy atom. The Bertz CT molecular complexity index is 1010. The van der Waals surface area contributed by atoms with Crippen molar-refractivity contribution in [3.8, 4) is 0 Å². The molecule has 0 bridgehead atoms. The van der Waals surface area contributed by atoms with Gasteiger partial charge in [0.15, 0.2) is 5.17 Å². The fraction of sp³-hybridized carbons (Fsp3) is 0.462. The summed E-state index contributed by atoms with van der Waals surface area (Å²) in [5, 5.41) is 18.8. The van der Waals surface area contributed by atoms with Crippen molar-refractivity contribution in [2.75, 3.05) is 0 Å². The summed E-state index contributed by atoms with van der Waals surface area (Å²) in [7, 11) is 0. The number of alkyl halides is 14. The van der Waals surface area contributed by atoms with E-state index in [-0.39, 0.29) is 0 Å². The molecule has 0 aliphatic rings. The number of hydrogen-bond acceptors (Lipinski definition) is 5. The average Bonchev–Trinajstić information content (AvgIpc) is 2.63. The van der Waals surface area contributed by atoms with Crippen molar-refractivity contribution in [3.05, 3.63) is 37.9 Å². The molecule has 7 nitrogen and oxygen atoms in total. The summed E-state index contributed by atoms with van der Waals surface area (Å²) in [4.78, 5) is 19.7. The van der Waals surface area contributed by atoms with Gasteiger partial charge in [0, 0.05) is 17.7 Å². The van der Waals surface area contributed by atoms with Gasteiger partial charge in [-0.05, 0) is 0 Å². The molecule has 0 amide bonds. The van der Waals surface area contributed by atoms with Gasteiger partial charge in [-0.3, -0.25) is 20.2 Å². The van der Waals surface area contributed by atoms with E-state index in [4.69, 9.17) is 0 Å². The van der Waals surface area contributed by atoms with E-state index in [1.54, 1.807) is 0 Å². The number of hydrogen-bond donors (Lipinski definition) is 0. The highest BCUT2D eigenvalue weighted by atomic mass is 35.5. The summed E-state index contributed by atoms with van der Waals surface area (Å²) in [6.45, 7) is 0. The lowest BCUT2D eigenvalue weighted by atomic mass is 9.92. The van der Waals surface area contributed by atoms with Crippen LogP contribution in [0.15, 0.2) is 17.1 Å². The van der Waals surface area contributed by atoms with Crippen molar-refractivity contribution in [2.24, 2.45) is 4.99 Å². The fourth-order valence-electron chi connectivity index (χ4n) is 2.16. The summed E-state index contributed by atoms with van der Waals surface area (Å²) in [6, 6.07) is -2.06. The maximum atomic E-state index is 14.2. The Kier molecular flexibility index (Phi) is 7.37. The van der Waals surface area contributed by atoms with E-state index in [0.29, 0.717) is 0 Å². The van der Waals surface area contributed by atoms with Crippen LogP contribution in [-0.2, 0) is 5.67 Å². The van der Waals surface area contributed by atoms with Gasteiger partial charge in [-0.25, -0.2) is 9.38 Å². The lowest BCUT2D eigenvalue weighted by molar-refractivity contribution is -0.393. The smallest absolute Gasteiger partial charge is 0.258 e. The molecule has 0 radical (unpaired) electrons. The Hall–Kier alpha value is -3.00. The lowest BCUT2D eigenvalue weighted by Crippen LogP contribution is -2.54. The van der Waals surface area contributed by atoms with E-state index in [1.165, 1.54) is 0 Å². The van der Waals surface area contributed by atoms with Gasteiger partial charge in [0.05, 0.1) is 9.85 Å². The maximum Gasteiger partial charge on any atom is 0.460 e. The van der Waals surface area contributed by atoms with Gasteiger partial charge in [-0.15, -0.1) is 0 Å². The van der Waals surface area contributed by atoms with Crippen LogP contribution in [0.25, 0.3) is 0 Å². The van der Waals surface area contributed by atoms with Crippen LogP contribution < -0.4 is 0 Å². The van der Waals surface area contributed by atoms with Crippen LogP contribution in [0.4, 0.5) is 78.5 Å². The summed E-state index contributed by atoms with van der Waals surface area (Å²) in [5.41, 5.74) is -16.9. The minimum atomic E-state index is -7.08. The molecule has 0 aliphatic heterocycles. The summed E-state index contributed by atoms with van der Waals surface area (Å²) in [6.07, 6.45) is -21.0. The third-order valence-electron chi connectivity index (χ3n) is 3.86. The predicted molar refractivity (Wildman–Crippen MR) is 83.5 cm³/mol. The number of rotatable bonds is 6. The molecule has 1 aromatic rings. The molecule has 0 heterocycles. The average molecular weight is 566 g/mol. The predicted octanol–water partition coefficient (Wildman–Crippen LogP) is 6.89. The first kappa shape index (κ1) is 30.0. The molecule has 0 fully saturated rings. The van der Waals surface area contributed by atoms with Crippen LogP contribution in [0.1, 0.15) is 5.56 Å². The molecule has 0 unspecified atom stereocenters. The molecule has 0 saturated carbocycles. The van der Waals surface area contributed by atoms with Crippen LogP contribution >= 0.6 is 11.6 Å². The molecule has 198 valence electrons. The number of nitrogens with zero attached hydrogens (tertiary/aromatic N) is 3. The number of aliphatic imine (C=N–C) groups is 1. The zero-order valence-corrected chi connectivity index (χ0v) is 16.1. The second kappa shape index (κ2) is 8.59. The molecule has 0 atom stereocenters. The van der Waals surface area contributed by atoms with Gasteiger partial charge in [-0.1, -0.05) is 11.6 Å². The van der Waals surface area contributed by atoms with E-state index in [2.05, 4.69) is 11.6 Å². The zero-order chi connectivity index (χ0) is 28.2. The Labute approximate surface area is 185 Å². The molecule has 0 spiro atoms. The van der Waals surface area contributed by atoms with Crippen molar-refractivity contribution in [3.63, 3.8) is 0 Å². The standard InChI is InChI=1S/C13H2ClF14N3O4/c14-7(9(16,17)10(18,19)13(26,27)28)29-6-4(30(32)33)1-3(2-5(6)31(34)35)8(15,11(20,21)22)12(23,24)25/h1-2H. The lowest BCUT2D eigenvalue weighted by Gasteiger charge is -2.30. The van der Waals surface area contributed by atoms with E-state index in [0.717, 1.165) is 0 Å². The molecule has 0 aliphatic carbocycles. The molecular weight excluding hydrogens is 564 g/mol. The molecule has 0 N–H and O–H groups in total. The van der Waals surface area contributed by atoms with Crippen LogP contribution in [0, 0.1) is 20.2 Å². The number of nitro groups is 2. The van der Waals surface area contributed by atoms with Crippen LogP contribution in [0.3, 0.4) is 0 Å². The highest BCUT2D eigenvalue weighted by Gasteiger charge is 2.76. The van der Waals surface area contributed by atoms with Crippen LogP contribution in [-0.4, -0.2) is 45.4 Å². The van der Waals surface area contributed by atoms with Gasteiger partial charge in [0.25, 0.3) is 0 Å². The van der Waals surface area contributed by atoms with E-state index in [9.17, 15) is 81.7 Å². The Balaban J connectivity index is 4.13. The van der Waals surface area contributed by atoms with Crippen molar-refractivity contribution in [1.82, 2.24) is 0 Å². The first-order chi connectivity index (χ1) is 15.2. The first-order valence-electron chi connectivity index (χ1n) is 7.61. The quantitative estimate of drug-likeness (QED) is 0.162. The summed E-state index contributed by atoms with van der Waals surface area (Å²) in [5.74, 6) is -13.7. The Morgan fingerprint density at radius 3 is 1.31 bits per heavy atom. The molecular formula is C13H2ClF14N3O4. The molecule has 22 heteroatoms. The first-order valence-corrected chi connectivity index (χ1v) is 7.99. The molecule has 1 rings (SSSR count). The van der Waals surface area contributed by atoms with Gasteiger partial charge in [0.1, 0.15) is 0 Å². The second-order valence-electron chi connectivity index (χ2n) is 6.08. The third-order valence-corrected chi connectivity index (χ3v) is 4.18. The number of halogens is 15. The Morgan fingerprint density at radius 1 is 0.714 bits per heavy atom. The second-order valence-corrected chi connectivity index (χ2v) is 6.44. The molecule has 1 aromatic carbocycles. The summed E-state index contributed by atoms with van der Waals surface area (Å²) < 4.78 is 182. The van der Waals surface area contributed by atoms with Gasteiger partial charge >= 0.3 is 47.4 Å². The monoisotopic (exact) mass is 565 g/mol. The highest BCUT2D eigenvalue weighted by Crippen LogP contribution is 2.56. The van der Waals surface area contributed by atoms with Crippen molar-refractivity contribution < 1.29 is 71.3 Å². The van der Waals surface area contributed by atoms with Gasteiger partial charge in [0.2, 0.25) is 5.69 Å². The topological polar surface area (TPSA) is 98.6 Å². The van der Waals surface area contributed by atoms with Gasteiger partial charge in [-0.2, -0.15) is 57.1 Å². The molecule has 0 saturated heterocycles. The normalized spacial score (nSPS) is 14.8. The van der Waals surface area contributed by atoms with Gasteiger partial charge < -0.3 is 0 Å². The SMILES string of the molecule is O=[N+]([O-])c1cc(C(F)(C(F)(F)F)C(F)(F)F)cc([N+](=O)[O-])c1N=C(Cl)C(F)(F)C(F)(F)C(F)(F)F. The highest BCUT2D eigenvalue weighted by molar-refractivity contribution is 6.67. The van der Waals surface area contributed by atoms with Crippen molar-refractivity contribution in [1.29, 1.82) is 0 Å².